The van der Waals surface area contributed by atoms with E-state index in [1.807, 2.05) is 14.1 Å². The number of benzene rings is 1. The molecule has 1 N–H and O–H groups in total. The highest BCUT2D eigenvalue weighted by Gasteiger charge is 2.27. The third-order valence-electron chi connectivity index (χ3n) is 2.74. The number of amides is 1. The Balaban J connectivity index is 2.10. The van der Waals surface area contributed by atoms with Gasteiger partial charge in [-0.05, 0) is 34.1 Å². The lowest BCUT2D eigenvalue weighted by atomic mass is 10.1. The van der Waals surface area contributed by atoms with Gasteiger partial charge in [0.1, 0.15) is 10.7 Å². The van der Waals surface area contributed by atoms with E-state index < -0.39 is 6.10 Å². The molecule has 0 saturated heterocycles. The van der Waals surface area contributed by atoms with Crippen molar-refractivity contribution < 1.29 is 9.63 Å². The maximum atomic E-state index is 12.0. The fourth-order valence-electron chi connectivity index (χ4n) is 1.71. The molecule has 7 nitrogen and oxygen atoms in total. The minimum Gasteiger partial charge on any atom is -0.381 e. The van der Waals surface area contributed by atoms with Gasteiger partial charge in [0.2, 0.25) is 6.10 Å². The van der Waals surface area contributed by atoms with Gasteiger partial charge in [0, 0.05) is 26.2 Å². The molecule has 1 heterocycles. The van der Waals surface area contributed by atoms with Crippen LogP contribution in [0.2, 0.25) is 0 Å². The van der Waals surface area contributed by atoms with Gasteiger partial charge in [0.25, 0.3) is 5.91 Å². The van der Waals surface area contributed by atoms with Gasteiger partial charge in [0.15, 0.2) is 0 Å². The number of hydrogen-bond acceptors (Lipinski definition) is 5. The lowest BCUT2D eigenvalue weighted by Crippen LogP contribution is -2.27. The summed E-state index contributed by atoms with van der Waals surface area (Å²) in [6.45, 7) is 0. The number of nitrogens with zero attached hydrogens (tertiary/aromatic N) is 4. The molecule has 1 aromatic carbocycles. The second-order valence-corrected chi connectivity index (χ2v) is 5.72. The van der Waals surface area contributed by atoms with E-state index in [9.17, 15) is 10.1 Å². The average Bonchev–Trinajstić information content (AvgIpc) is 2.92. The molecule has 0 fully saturated rings. The van der Waals surface area contributed by atoms with Gasteiger partial charge in [-0.15, -0.1) is 0 Å². The summed E-state index contributed by atoms with van der Waals surface area (Å²) in [5.74, 6) is -0.313. The molecule has 1 aliphatic rings. The number of anilines is 1. The number of nitriles is 1. The SMILES string of the molecule is CN(C)C=Nc1ccc(NC(=O)C2CC(Br)=NO2)cc1C#N. The van der Waals surface area contributed by atoms with E-state index in [1.165, 1.54) is 0 Å². The summed E-state index contributed by atoms with van der Waals surface area (Å²) in [7, 11) is 3.68. The van der Waals surface area contributed by atoms with Crippen molar-refractivity contribution in [1.82, 2.24) is 4.90 Å². The number of halogens is 1. The molecule has 1 aliphatic heterocycles. The second kappa shape index (κ2) is 7.04. The van der Waals surface area contributed by atoms with E-state index in [-0.39, 0.29) is 5.91 Å². The van der Waals surface area contributed by atoms with Crippen molar-refractivity contribution in [2.45, 2.75) is 12.5 Å². The van der Waals surface area contributed by atoms with Crippen molar-refractivity contribution in [3.05, 3.63) is 23.8 Å². The van der Waals surface area contributed by atoms with Crippen molar-refractivity contribution in [3.63, 3.8) is 0 Å². The molecular formula is C14H14BrN5O2. The Morgan fingerprint density at radius 1 is 1.64 bits per heavy atom. The molecule has 0 saturated carbocycles. The van der Waals surface area contributed by atoms with Gasteiger partial charge in [-0.2, -0.15) is 5.26 Å². The highest BCUT2D eigenvalue weighted by molar-refractivity contribution is 9.18. The number of oxime groups is 1. The summed E-state index contributed by atoms with van der Waals surface area (Å²) in [6.07, 6.45) is 1.34. The minimum atomic E-state index is -0.661. The summed E-state index contributed by atoms with van der Waals surface area (Å²) < 4.78 is 0.596. The highest BCUT2D eigenvalue weighted by atomic mass is 79.9. The van der Waals surface area contributed by atoms with Crippen LogP contribution in [0.5, 0.6) is 0 Å². The van der Waals surface area contributed by atoms with Crippen molar-refractivity contribution >= 4 is 44.2 Å². The molecule has 1 atom stereocenters. The molecule has 1 amide bonds. The standard InChI is InChI=1S/C14H14BrN5O2/c1-20(2)8-17-11-4-3-10(5-9(11)7-16)18-14(21)12-6-13(15)19-22-12/h3-5,8,12H,6H2,1-2H3,(H,18,21). The van der Waals surface area contributed by atoms with Crippen LogP contribution < -0.4 is 5.32 Å². The lowest BCUT2D eigenvalue weighted by Gasteiger charge is -2.10. The molecular weight excluding hydrogens is 350 g/mol. The Kier molecular flexibility index (Phi) is 5.12. The normalized spacial score (nSPS) is 16.8. The van der Waals surface area contributed by atoms with Gasteiger partial charge in [0.05, 0.1) is 17.6 Å². The highest BCUT2D eigenvalue weighted by Crippen LogP contribution is 2.23. The van der Waals surface area contributed by atoms with Crippen molar-refractivity contribution in [2.75, 3.05) is 19.4 Å². The van der Waals surface area contributed by atoms with Crippen LogP contribution in [0.25, 0.3) is 0 Å². The van der Waals surface area contributed by atoms with Crippen molar-refractivity contribution in [1.29, 1.82) is 5.26 Å². The molecule has 2 rings (SSSR count). The first-order chi connectivity index (χ1) is 10.5. The van der Waals surface area contributed by atoms with Gasteiger partial charge >= 0.3 is 0 Å². The fourth-order valence-corrected chi connectivity index (χ4v) is 2.08. The predicted molar refractivity (Wildman–Crippen MR) is 87.5 cm³/mol. The van der Waals surface area contributed by atoms with E-state index >= 15 is 0 Å². The first kappa shape index (κ1) is 16.0. The number of nitrogens with one attached hydrogen (secondary N) is 1. The van der Waals surface area contributed by atoms with Crippen LogP contribution in [-0.4, -0.2) is 42.0 Å². The largest absolute Gasteiger partial charge is 0.381 e. The van der Waals surface area contributed by atoms with Gasteiger partial charge in [-0.25, -0.2) is 4.99 Å². The van der Waals surface area contributed by atoms with Crippen LogP contribution in [0.3, 0.4) is 0 Å². The fraction of sp³-hybridized carbons (Fsp3) is 0.286. The summed E-state index contributed by atoms with van der Waals surface area (Å²) >= 11 is 3.18. The Morgan fingerprint density at radius 2 is 2.41 bits per heavy atom. The Labute approximate surface area is 136 Å². The Morgan fingerprint density at radius 3 is 3.00 bits per heavy atom. The third kappa shape index (κ3) is 4.05. The topological polar surface area (TPSA) is 90.1 Å². The van der Waals surface area contributed by atoms with Crippen LogP contribution in [0.4, 0.5) is 11.4 Å². The summed E-state index contributed by atoms with van der Waals surface area (Å²) in [6, 6.07) is 7.00. The van der Waals surface area contributed by atoms with Gasteiger partial charge < -0.3 is 15.1 Å². The van der Waals surface area contributed by atoms with Crippen LogP contribution in [-0.2, 0) is 9.63 Å². The van der Waals surface area contributed by atoms with Gasteiger partial charge in [-0.3, -0.25) is 4.79 Å². The number of carbonyl (C=O) groups excluding carboxylic acids is 1. The molecule has 0 aromatic heterocycles. The minimum absolute atomic E-state index is 0.313. The van der Waals surface area contributed by atoms with E-state index in [4.69, 9.17) is 4.84 Å². The molecule has 0 radical (unpaired) electrons. The molecule has 114 valence electrons. The summed E-state index contributed by atoms with van der Waals surface area (Å²) in [5, 5.41) is 15.6. The zero-order valence-electron chi connectivity index (χ0n) is 12.1. The maximum Gasteiger partial charge on any atom is 0.268 e. The van der Waals surface area contributed by atoms with E-state index in [0.29, 0.717) is 28.0 Å². The molecule has 22 heavy (non-hydrogen) atoms. The molecule has 0 aliphatic carbocycles. The average molecular weight is 364 g/mol. The molecule has 8 heteroatoms. The van der Waals surface area contributed by atoms with Crippen LogP contribution in [0, 0.1) is 11.3 Å². The number of rotatable bonds is 4. The number of carbonyl (C=O) groups is 1. The Hall–Kier alpha value is -2.40. The number of aliphatic imine (C=N–C) groups is 1. The van der Waals surface area contributed by atoms with E-state index in [1.54, 1.807) is 29.4 Å². The lowest BCUT2D eigenvalue weighted by molar-refractivity contribution is -0.125. The van der Waals surface area contributed by atoms with E-state index in [2.05, 4.69) is 37.5 Å². The summed E-state index contributed by atoms with van der Waals surface area (Å²) in [5.41, 5.74) is 1.43. The first-order valence-electron chi connectivity index (χ1n) is 6.43. The molecule has 1 aromatic rings. The first-order valence-corrected chi connectivity index (χ1v) is 7.22. The zero-order chi connectivity index (χ0) is 16.1. The van der Waals surface area contributed by atoms with Crippen LogP contribution in [0.1, 0.15) is 12.0 Å². The smallest absolute Gasteiger partial charge is 0.268 e. The quantitative estimate of drug-likeness (QED) is 0.655. The van der Waals surface area contributed by atoms with Crippen LogP contribution >= 0.6 is 15.9 Å². The third-order valence-corrected chi connectivity index (χ3v) is 3.21. The zero-order valence-corrected chi connectivity index (χ0v) is 13.7. The predicted octanol–water partition coefficient (Wildman–Crippen LogP) is 2.22. The molecule has 1 unspecified atom stereocenters. The van der Waals surface area contributed by atoms with Crippen LogP contribution in [0.15, 0.2) is 28.3 Å². The van der Waals surface area contributed by atoms with Crippen molar-refractivity contribution in [3.8, 4) is 6.07 Å². The van der Waals surface area contributed by atoms with E-state index in [0.717, 1.165) is 0 Å². The Bertz CT molecular complexity index is 678. The molecule has 0 bridgehead atoms. The number of hydrogen-bond donors (Lipinski definition) is 1. The van der Waals surface area contributed by atoms with Gasteiger partial charge in [-0.1, -0.05) is 5.16 Å². The maximum absolute atomic E-state index is 12.0. The second-order valence-electron chi connectivity index (χ2n) is 4.81. The summed E-state index contributed by atoms with van der Waals surface area (Å²) in [4.78, 5) is 23.0. The molecule has 0 spiro atoms. The monoisotopic (exact) mass is 363 g/mol. The van der Waals surface area contributed by atoms with Crippen molar-refractivity contribution in [2.24, 2.45) is 10.1 Å².